The predicted octanol–water partition coefficient (Wildman–Crippen LogP) is 1.82. The SMILES string of the molecule is C[C@@H]1CCCC[C@@H]1OCCNC(=O)N[C@@H]1C=C[C@H](CO)C1. The van der Waals surface area contributed by atoms with Gasteiger partial charge in [-0.3, -0.25) is 0 Å². The Labute approximate surface area is 127 Å². The molecule has 2 amide bonds. The summed E-state index contributed by atoms with van der Waals surface area (Å²) in [7, 11) is 0. The van der Waals surface area contributed by atoms with Gasteiger partial charge in [0.25, 0.3) is 0 Å². The van der Waals surface area contributed by atoms with E-state index in [0.717, 1.165) is 12.8 Å². The molecule has 2 aliphatic rings. The molecule has 2 rings (SSSR count). The molecule has 0 unspecified atom stereocenters. The second-order valence-corrected chi connectivity index (χ2v) is 6.24. The Balaban J connectivity index is 1.54. The average molecular weight is 296 g/mol. The van der Waals surface area contributed by atoms with Gasteiger partial charge in [0.05, 0.1) is 12.7 Å². The molecular weight excluding hydrogens is 268 g/mol. The lowest BCUT2D eigenvalue weighted by Gasteiger charge is -2.28. The molecular formula is C16H28N2O3. The fourth-order valence-corrected chi connectivity index (χ4v) is 3.14. The Bertz CT molecular complexity index is 359. The van der Waals surface area contributed by atoms with Crippen LogP contribution in [0, 0.1) is 11.8 Å². The molecule has 1 fully saturated rings. The number of amides is 2. The predicted molar refractivity (Wildman–Crippen MR) is 82.0 cm³/mol. The summed E-state index contributed by atoms with van der Waals surface area (Å²) in [5.41, 5.74) is 0. The average Bonchev–Trinajstić information content (AvgIpc) is 2.93. The lowest BCUT2D eigenvalue weighted by atomic mass is 9.88. The van der Waals surface area contributed by atoms with Crippen molar-refractivity contribution in [3.63, 3.8) is 0 Å². The zero-order valence-electron chi connectivity index (χ0n) is 12.9. The highest BCUT2D eigenvalue weighted by Crippen LogP contribution is 2.25. The molecule has 21 heavy (non-hydrogen) atoms. The maximum Gasteiger partial charge on any atom is 0.315 e. The third kappa shape index (κ3) is 5.32. The second-order valence-electron chi connectivity index (χ2n) is 6.24. The van der Waals surface area contributed by atoms with E-state index >= 15 is 0 Å². The van der Waals surface area contributed by atoms with Crippen LogP contribution in [0.2, 0.25) is 0 Å². The van der Waals surface area contributed by atoms with Gasteiger partial charge in [-0.15, -0.1) is 0 Å². The first-order valence-electron chi connectivity index (χ1n) is 8.14. The quantitative estimate of drug-likeness (QED) is 0.517. The van der Waals surface area contributed by atoms with E-state index < -0.39 is 0 Å². The standard InChI is InChI=1S/C16H28N2O3/c1-12-4-2-3-5-15(12)21-9-8-17-16(20)18-14-7-6-13(10-14)11-19/h6-7,12-15,19H,2-5,8-11H2,1H3,(H2,17,18,20)/t12-,13+,14-,15+/m1/s1. The summed E-state index contributed by atoms with van der Waals surface area (Å²) < 4.78 is 5.86. The molecule has 0 aromatic carbocycles. The summed E-state index contributed by atoms with van der Waals surface area (Å²) >= 11 is 0. The number of urea groups is 1. The molecule has 5 nitrogen and oxygen atoms in total. The van der Waals surface area contributed by atoms with Crippen LogP contribution in [0.1, 0.15) is 39.0 Å². The zero-order chi connectivity index (χ0) is 15.1. The maximum absolute atomic E-state index is 11.7. The topological polar surface area (TPSA) is 70.6 Å². The fraction of sp³-hybridized carbons (Fsp3) is 0.812. The van der Waals surface area contributed by atoms with Crippen molar-refractivity contribution < 1.29 is 14.6 Å². The van der Waals surface area contributed by atoms with Crippen molar-refractivity contribution in [3.05, 3.63) is 12.2 Å². The first-order chi connectivity index (χ1) is 10.2. The minimum absolute atomic E-state index is 0.0291. The largest absolute Gasteiger partial charge is 0.396 e. The molecule has 0 radical (unpaired) electrons. The van der Waals surface area contributed by atoms with E-state index in [4.69, 9.17) is 9.84 Å². The van der Waals surface area contributed by atoms with Crippen LogP contribution >= 0.6 is 0 Å². The van der Waals surface area contributed by atoms with Crippen molar-refractivity contribution >= 4 is 6.03 Å². The summed E-state index contributed by atoms with van der Waals surface area (Å²) in [5.74, 6) is 0.804. The van der Waals surface area contributed by atoms with Gasteiger partial charge in [0.15, 0.2) is 0 Å². The highest BCUT2D eigenvalue weighted by Gasteiger charge is 2.22. The van der Waals surface area contributed by atoms with Crippen molar-refractivity contribution in [2.24, 2.45) is 11.8 Å². The Morgan fingerprint density at radius 3 is 2.86 bits per heavy atom. The first-order valence-corrected chi connectivity index (χ1v) is 8.14. The highest BCUT2D eigenvalue weighted by molar-refractivity contribution is 5.74. The van der Waals surface area contributed by atoms with Crippen molar-refractivity contribution in [1.29, 1.82) is 0 Å². The van der Waals surface area contributed by atoms with E-state index in [1.165, 1.54) is 19.3 Å². The van der Waals surface area contributed by atoms with Crippen molar-refractivity contribution in [3.8, 4) is 0 Å². The highest BCUT2D eigenvalue weighted by atomic mass is 16.5. The van der Waals surface area contributed by atoms with Crippen LogP contribution in [0.4, 0.5) is 4.79 Å². The molecule has 0 bridgehead atoms. The molecule has 0 aromatic heterocycles. The number of carbonyl (C=O) groups excluding carboxylic acids is 1. The van der Waals surface area contributed by atoms with Crippen molar-refractivity contribution in [2.75, 3.05) is 19.8 Å². The van der Waals surface area contributed by atoms with E-state index in [0.29, 0.717) is 25.2 Å². The Hall–Kier alpha value is -1.07. The normalized spacial score (nSPS) is 32.1. The van der Waals surface area contributed by atoms with Gasteiger partial charge in [-0.2, -0.15) is 0 Å². The van der Waals surface area contributed by atoms with E-state index in [1.807, 2.05) is 12.2 Å². The van der Waals surface area contributed by atoms with Gasteiger partial charge in [-0.1, -0.05) is 31.9 Å². The van der Waals surface area contributed by atoms with Gasteiger partial charge >= 0.3 is 6.03 Å². The summed E-state index contributed by atoms with van der Waals surface area (Å²) in [4.78, 5) is 11.7. The lowest BCUT2D eigenvalue weighted by molar-refractivity contribution is -0.00244. The van der Waals surface area contributed by atoms with Crippen LogP contribution in [0.3, 0.4) is 0 Å². The second kappa shape index (κ2) is 8.39. The Kier molecular flexibility index (Phi) is 6.51. The Morgan fingerprint density at radius 1 is 1.33 bits per heavy atom. The number of rotatable bonds is 6. The van der Waals surface area contributed by atoms with Crippen LogP contribution in [-0.2, 0) is 4.74 Å². The van der Waals surface area contributed by atoms with E-state index in [2.05, 4.69) is 17.6 Å². The summed E-state index contributed by atoms with van der Waals surface area (Å²) in [5, 5.41) is 14.8. The molecule has 3 N–H and O–H groups in total. The summed E-state index contributed by atoms with van der Waals surface area (Å²) in [6.07, 6.45) is 9.99. The van der Waals surface area contributed by atoms with Crippen LogP contribution < -0.4 is 10.6 Å². The van der Waals surface area contributed by atoms with Gasteiger partial charge in [-0.25, -0.2) is 4.79 Å². The molecule has 0 aromatic rings. The van der Waals surface area contributed by atoms with Crippen molar-refractivity contribution in [2.45, 2.75) is 51.2 Å². The summed E-state index contributed by atoms with van der Waals surface area (Å²) in [6, 6.07) is -0.134. The Morgan fingerprint density at radius 2 is 2.14 bits per heavy atom. The fourth-order valence-electron chi connectivity index (χ4n) is 3.14. The molecule has 2 aliphatic carbocycles. The van der Waals surface area contributed by atoms with E-state index in [-0.39, 0.29) is 24.6 Å². The molecule has 4 atom stereocenters. The van der Waals surface area contributed by atoms with Gasteiger partial charge in [0.2, 0.25) is 0 Å². The number of hydrogen-bond acceptors (Lipinski definition) is 3. The number of hydrogen-bond donors (Lipinski definition) is 3. The number of aliphatic hydroxyl groups excluding tert-OH is 1. The smallest absolute Gasteiger partial charge is 0.315 e. The van der Waals surface area contributed by atoms with E-state index in [9.17, 15) is 4.79 Å². The van der Waals surface area contributed by atoms with Crippen LogP contribution in [-0.4, -0.2) is 43.0 Å². The van der Waals surface area contributed by atoms with Crippen LogP contribution in [0.15, 0.2) is 12.2 Å². The first kappa shape index (κ1) is 16.3. The molecule has 120 valence electrons. The monoisotopic (exact) mass is 296 g/mol. The van der Waals surface area contributed by atoms with Crippen LogP contribution in [0.25, 0.3) is 0 Å². The van der Waals surface area contributed by atoms with E-state index in [1.54, 1.807) is 0 Å². The lowest BCUT2D eigenvalue weighted by Crippen LogP contribution is -2.42. The number of ether oxygens (including phenoxy) is 1. The maximum atomic E-state index is 11.7. The summed E-state index contributed by atoms with van der Waals surface area (Å²) in [6.45, 7) is 3.49. The van der Waals surface area contributed by atoms with Gasteiger partial charge < -0.3 is 20.5 Å². The van der Waals surface area contributed by atoms with Crippen LogP contribution in [0.5, 0.6) is 0 Å². The molecule has 5 heteroatoms. The molecule has 0 spiro atoms. The number of aliphatic hydroxyl groups is 1. The van der Waals surface area contributed by atoms with Crippen molar-refractivity contribution in [1.82, 2.24) is 10.6 Å². The number of nitrogens with one attached hydrogen (secondary N) is 2. The third-order valence-corrected chi connectivity index (χ3v) is 4.48. The third-order valence-electron chi connectivity index (χ3n) is 4.48. The van der Waals surface area contributed by atoms with Gasteiger partial charge in [-0.05, 0) is 25.2 Å². The molecule has 1 saturated carbocycles. The minimum Gasteiger partial charge on any atom is -0.396 e. The molecule has 0 saturated heterocycles. The zero-order valence-corrected chi connectivity index (χ0v) is 12.9. The minimum atomic E-state index is -0.163. The molecule has 0 heterocycles. The van der Waals surface area contributed by atoms with Gasteiger partial charge in [0, 0.05) is 25.1 Å². The number of carbonyl (C=O) groups is 1. The molecule has 0 aliphatic heterocycles. The van der Waals surface area contributed by atoms with Gasteiger partial charge in [0.1, 0.15) is 0 Å².